The molecule has 1 heterocycles. The van der Waals surface area contributed by atoms with Gasteiger partial charge in [0.1, 0.15) is 11.5 Å². The summed E-state index contributed by atoms with van der Waals surface area (Å²) in [5.74, 6) is 1.47. The first-order chi connectivity index (χ1) is 7.26. The molecule has 0 radical (unpaired) electrons. The van der Waals surface area contributed by atoms with E-state index in [1.54, 1.807) is 14.2 Å². The third-order valence-corrected chi connectivity index (χ3v) is 2.67. The summed E-state index contributed by atoms with van der Waals surface area (Å²) in [6, 6.07) is 3.70. The number of hydrogen-bond donors (Lipinski definition) is 2. The lowest BCUT2D eigenvalue weighted by atomic mass is 9.97. The first-order valence-electron chi connectivity index (χ1n) is 4.90. The van der Waals surface area contributed by atoms with E-state index >= 15 is 0 Å². The van der Waals surface area contributed by atoms with Crippen LogP contribution in [0.5, 0.6) is 11.5 Å². The van der Waals surface area contributed by atoms with Crippen molar-refractivity contribution in [1.82, 2.24) is 5.32 Å². The van der Waals surface area contributed by atoms with Gasteiger partial charge in [0.2, 0.25) is 0 Å². The summed E-state index contributed by atoms with van der Waals surface area (Å²) in [5.41, 5.74) is 1.90. The van der Waals surface area contributed by atoms with Crippen LogP contribution in [0.3, 0.4) is 0 Å². The zero-order valence-corrected chi connectivity index (χ0v) is 8.91. The van der Waals surface area contributed by atoms with Gasteiger partial charge in [-0.3, -0.25) is 0 Å². The van der Waals surface area contributed by atoms with Crippen LogP contribution in [0.1, 0.15) is 17.2 Å². The van der Waals surface area contributed by atoms with Crippen LogP contribution in [-0.2, 0) is 6.54 Å². The van der Waals surface area contributed by atoms with Crippen LogP contribution in [0.2, 0.25) is 0 Å². The molecular weight excluding hydrogens is 194 g/mol. The number of nitrogens with one attached hydrogen (secondary N) is 1. The van der Waals surface area contributed by atoms with Gasteiger partial charge in [0.15, 0.2) is 0 Å². The Morgan fingerprint density at radius 1 is 1.33 bits per heavy atom. The van der Waals surface area contributed by atoms with E-state index in [4.69, 9.17) is 9.47 Å². The number of benzene rings is 1. The maximum Gasteiger partial charge on any atom is 0.127 e. The lowest BCUT2D eigenvalue weighted by Gasteiger charge is -2.24. The number of methoxy groups -OCH3 is 2. The quantitative estimate of drug-likeness (QED) is 0.758. The number of rotatable bonds is 2. The molecule has 15 heavy (non-hydrogen) atoms. The topological polar surface area (TPSA) is 50.7 Å². The Hall–Kier alpha value is -1.26. The molecule has 0 aliphatic carbocycles. The molecule has 0 spiro atoms. The van der Waals surface area contributed by atoms with E-state index in [9.17, 15) is 5.11 Å². The van der Waals surface area contributed by atoms with Crippen molar-refractivity contribution in [2.75, 3.05) is 20.8 Å². The van der Waals surface area contributed by atoms with Crippen molar-refractivity contribution in [3.63, 3.8) is 0 Å². The van der Waals surface area contributed by atoms with Gasteiger partial charge in [-0.05, 0) is 11.6 Å². The van der Waals surface area contributed by atoms with Crippen LogP contribution in [0.4, 0.5) is 0 Å². The number of β-amino-alcohol motifs (C(OH)–C–C–N with tert-alkyl or cyclic N) is 1. The third-order valence-electron chi connectivity index (χ3n) is 2.67. The molecule has 0 amide bonds. The van der Waals surface area contributed by atoms with Gasteiger partial charge in [-0.25, -0.2) is 0 Å². The molecule has 1 unspecified atom stereocenters. The molecule has 1 aliphatic rings. The highest BCUT2D eigenvalue weighted by Gasteiger charge is 2.21. The van der Waals surface area contributed by atoms with Gasteiger partial charge in [0.25, 0.3) is 0 Å². The fourth-order valence-corrected chi connectivity index (χ4v) is 1.87. The molecule has 0 fully saturated rings. The standard InChI is InChI=1S/C11H15NO3/c1-14-7-3-8-9(11(4-7)15-2)5-12-6-10(8)13/h3-4,10,12-13H,5-6H2,1-2H3. The van der Waals surface area contributed by atoms with E-state index in [-0.39, 0.29) is 0 Å². The van der Waals surface area contributed by atoms with Gasteiger partial charge in [0, 0.05) is 24.7 Å². The lowest BCUT2D eigenvalue weighted by molar-refractivity contribution is 0.163. The normalized spacial score (nSPS) is 19.5. The van der Waals surface area contributed by atoms with Gasteiger partial charge in [-0.1, -0.05) is 0 Å². The summed E-state index contributed by atoms with van der Waals surface area (Å²) in [6.07, 6.45) is -0.488. The molecule has 2 N–H and O–H groups in total. The summed E-state index contributed by atoms with van der Waals surface area (Å²) in [6.45, 7) is 1.29. The Morgan fingerprint density at radius 3 is 2.80 bits per heavy atom. The number of ether oxygens (including phenoxy) is 2. The summed E-state index contributed by atoms with van der Waals surface area (Å²) in [4.78, 5) is 0. The van der Waals surface area contributed by atoms with Crippen molar-refractivity contribution in [2.24, 2.45) is 0 Å². The van der Waals surface area contributed by atoms with E-state index in [1.807, 2.05) is 12.1 Å². The van der Waals surface area contributed by atoms with Crippen LogP contribution < -0.4 is 14.8 Å². The molecular formula is C11H15NO3. The van der Waals surface area contributed by atoms with Gasteiger partial charge >= 0.3 is 0 Å². The van der Waals surface area contributed by atoms with E-state index in [0.717, 1.165) is 23.4 Å². The molecule has 82 valence electrons. The zero-order chi connectivity index (χ0) is 10.8. The van der Waals surface area contributed by atoms with Crippen LogP contribution >= 0.6 is 0 Å². The molecule has 0 bridgehead atoms. The maximum atomic E-state index is 9.83. The van der Waals surface area contributed by atoms with Gasteiger partial charge in [-0.15, -0.1) is 0 Å². The number of aliphatic hydroxyl groups excluding tert-OH is 1. The smallest absolute Gasteiger partial charge is 0.127 e. The largest absolute Gasteiger partial charge is 0.497 e. The minimum Gasteiger partial charge on any atom is -0.497 e. The monoisotopic (exact) mass is 209 g/mol. The summed E-state index contributed by atoms with van der Waals surface area (Å²) in [5, 5.41) is 13.0. The minimum absolute atomic E-state index is 0.488. The van der Waals surface area contributed by atoms with Crippen LogP contribution in [0.25, 0.3) is 0 Å². The Balaban J connectivity index is 2.52. The average Bonchev–Trinajstić information content (AvgIpc) is 2.28. The molecule has 1 aromatic rings. The third kappa shape index (κ3) is 1.78. The van der Waals surface area contributed by atoms with Crippen molar-refractivity contribution >= 4 is 0 Å². The Morgan fingerprint density at radius 2 is 2.13 bits per heavy atom. The van der Waals surface area contributed by atoms with Gasteiger partial charge in [-0.2, -0.15) is 0 Å². The van der Waals surface area contributed by atoms with Crippen molar-refractivity contribution in [3.05, 3.63) is 23.3 Å². The molecule has 4 nitrogen and oxygen atoms in total. The predicted octanol–water partition coefficient (Wildman–Crippen LogP) is 0.840. The van der Waals surface area contributed by atoms with E-state index in [2.05, 4.69) is 5.32 Å². The number of fused-ring (bicyclic) bond motifs is 1. The average molecular weight is 209 g/mol. The van der Waals surface area contributed by atoms with Gasteiger partial charge < -0.3 is 19.9 Å². The Kier molecular flexibility index (Phi) is 2.79. The molecule has 1 aromatic carbocycles. The van der Waals surface area contributed by atoms with Crippen molar-refractivity contribution in [3.8, 4) is 11.5 Å². The highest BCUT2D eigenvalue weighted by molar-refractivity contribution is 5.48. The highest BCUT2D eigenvalue weighted by atomic mass is 16.5. The minimum atomic E-state index is -0.488. The molecule has 1 aliphatic heterocycles. The maximum absolute atomic E-state index is 9.83. The number of hydrogen-bond acceptors (Lipinski definition) is 4. The second-order valence-corrected chi connectivity index (χ2v) is 3.54. The summed E-state index contributed by atoms with van der Waals surface area (Å²) in [7, 11) is 3.23. The van der Waals surface area contributed by atoms with E-state index in [0.29, 0.717) is 12.3 Å². The molecule has 0 aromatic heterocycles. The van der Waals surface area contributed by atoms with Crippen molar-refractivity contribution in [2.45, 2.75) is 12.6 Å². The van der Waals surface area contributed by atoms with Gasteiger partial charge in [0.05, 0.1) is 20.3 Å². The molecule has 2 rings (SSSR count). The van der Waals surface area contributed by atoms with E-state index in [1.165, 1.54) is 0 Å². The lowest BCUT2D eigenvalue weighted by Crippen LogP contribution is -2.28. The Bertz CT molecular complexity index is 365. The molecule has 0 saturated heterocycles. The first-order valence-corrected chi connectivity index (χ1v) is 4.90. The van der Waals surface area contributed by atoms with Crippen LogP contribution in [0, 0.1) is 0 Å². The van der Waals surface area contributed by atoms with E-state index < -0.39 is 6.10 Å². The molecule has 0 saturated carbocycles. The molecule has 4 heteroatoms. The molecule has 1 atom stereocenters. The summed E-state index contributed by atoms with van der Waals surface area (Å²) >= 11 is 0. The fourth-order valence-electron chi connectivity index (χ4n) is 1.87. The summed E-state index contributed by atoms with van der Waals surface area (Å²) < 4.78 is 10.4. The predicted molar refractivity (Wildman–Crippen MR) is 56.2 cm³/mol. The van der Waals surface area contributed by atoms with Crippen LogP contribution in [0.15, 0.2) is 12.1 Å². The highest BCUT2D eigenvalue weighted by Crippen LogP contribution is 2.34. The fraction of sp³-hybridized carbons (Fsp3) is 0.455. The first kappa shape index (κ1) is 10.3. The second-order valence-electron chi connectivity index (χ2n) is 3.54. The second kappa shape index (κ2) is 4.08. The number of aliphatic hydroxyl groups is 1. The Labute approximate surface area is 88.8 Å². The van der Waals surface area contributed by atoms with Crippen LogP contribution in [-0.4, -0.2) is 25.9 Å². The SMILES string of the molecule is COc1cc(OC)c2c(c1)C(O)CNC2. The van der Waals surface area contributed by atoms with Crippen molar-refractivity contribution < 1.29 is 14.6 Å². The van der Waals surface area contributed by atoms with Crippen molar-refractivity contribution in [1.29, 1.82) is 0 Å². The zero-order valence-electron chi connectivity index (χ0n) is 8.91.